The Morgan fingerprint density at radius 3 is 1.78 bits per heavy atom. The molecule has 0 aliphatic heterocycles. The minimum atomic E-state index is -0.795. The van der Waals surface area contributed by atoms with Crippen LogP contribution in [0.4, 0.5) is 0 Å². The number of carbonyl (C=O) groups is 1. The maximum Gasteiger partial charge on any atom is 0.303 e. The number of rotatable bonds is 9. The first-order valence-electron chi connectivity index (χ1n) is 8.61. The number of carboxylic acids is 1. The first-order chi connectivity index (χ1) is 13.0. The Kier molecular flexibility index (Phi) is 6.93. The minimum Gasteiger partial charge on any atom is -0.492 e. The van der Waals surface area contributed by atoms with Gasteiger partial charge in [-0.3, -0.25) is 4.79 Å². The van der Waals surface area contributed by atoms with Gasteiger partial charge in [-0.2, -0.15) is 0 Å². The predicted molar refractivity (Wildman–Crippen MR) is 103 cm³/mol. The average molecular weight is 374 g/mol. The second-order valence-electron chi connectivity index (χ2n) is 6.12. The number of methoxy groups -OCH3 is 4. The highest BCUT2D eigenvalue weighted by molar-refractivity contribution is 5.68. The Morgan fingerprint density at radius 1 is 0.815 bits per heavy atom. The van der Waals surface area contributed by atoms with Crippen molar-refractivity contribution in [1.29, 1.82) is 0 Å². The maximum absolute atomic E-state index is 10.7. The normalized spacial score (nSPS) is 10.4. The third kappa shape index (κ3) is 4.45. The fourth-order valence-corrected chi connectivity index (χ4v) is 3.15. The van der Waals surface area contributed by atoms with Gasteiger partial charge < -0.3 is 24.1 Å². The van der Waals surface area contributed by atoms with E-state index in [1.54, 1.807) is 28.4 Å². The van der Waals surface area contributed by atoms with Crippen LogP contribution in [0.15, 0.2) is 24.3 Å². The molecule has 2 aromatic carbocycles. The molecule has 146 valence electrons. The Bertz CT molecular complexity index is 796. The molecule has 0 atom stereocenters. The fraction of sp³-hybridized carbons (Fsp3) is 0.381. The molecule has 0 aliphatic carbocycles. The molecule has 0 aliphatic rings. The Labute approximate surface area is 159 Å². The van der Waals surface area contributed by atoms with Crippen molar-refractivity contribution in [2.75, 3.05) is 28.4 Å². The summed E-state index contributed by atoms with van der Waals surface area (Å²) < 4.78 is 22.2. The summed E-state index contributed by atoms with van der Waals surface area (Å²) in [5.41, 5.74) is 3.94. The van der Waals surface area contributed by atoms with Gasteiger partial charge in [0, 0.05) is 24.0 Å². The highest BCUT2D eigenvalue weighted by Gasteiger charge is 2.25. The summed E-state index contributed by atoms with van der Waals surface area (Å²) in [6.45, 7) is 1.96. The molecule has 2 aromatic rings. The van der Waals surface area contributed by atoms with Gasteiger partial charge in [0.25, 0.3) is 0 Å². The van der Waals surface area contributed by atoms with E-state index >= 15 is 0 Å². The van der Waals surface area contributed by atoms with Crippen LogP contribution in [0.3, 0.4) is 0 Å². The van der Waals surface area contributed by atoms with Crippen molar-refractivity contribution < 1.29 is 28.8 Å². The van der Waals surface area contributed by atoms with Gasteiger partial charge >= 0.3 is 5.97 Å². The van der Waals surface area contributed by atoms with Crippen LogP contribution in [0.1, 0.15) is 28.7 Å². The Hall–Kier alpha value is -2.89. The van der Waals surface area contributed by atoms with E-state index in [2.05, 4.69) is 0 Å². The van der Waals surface area contributed by atoms with Gasteiger partial charge in [0.1, 0.15) is 0 Å². The number of aryl methyl sites for hydroxylation is 1. The van der Waals surface area contributed by atoms with E-state index in [-0.39, 0.29) is 6.42 Å². The molecule has 0 radical (unpaired) electrons. The lowest BCUT2D eigenvalue weighted by atomic mass is 9.96. The average Bonchev–Trinajstić information content (AvgIpc) is 2.67. The van der Waals surface area contributed by atoms with Crippen LogP contribution in [0.2, 0.25) is 0 Å². The summed E-state index contributed by atoms with van der Waals surface area (Å²) >= 11 is 0. The highest BCUT2D eigenvalue weighted by atomic mass is 16.5. The van der Waals surface area contributed by atoms with Crippen molar-refractivity contribution in [3.05, 3.63) is 46.5 Å². The van der Waals surface area contributed by atoms with E-state index in [9.17, 15) is 4.79 Å². The van der Waals surface area contributed by atoms with Gasteiger partial charge in [-0.05, 0) is 24.5 Å². The molecule has 0 aromatic heterocycles. The highest BCUT2D eigenvalue weighted by Crippen LogP contribution is 2.49. The van der Waals surface area contributed by atoms with Crippen molar-refractivity contribution in [2.24, 2.45) is 0 Å². The van der Waals surface area contributed by atoms with Gasteiger partial charge in [0.05, 0.1) is 28.4 Å². The lowest BCUT2D eigenvalue weighted by Crippen LogP contribution is -2.05. The smallest absolute Gasteiger partial charge is 0.303 e. The number of hydrogen-bond donors (Lipinski definition) is 1. The van der Waals surface area contributed by atoms with E-state index in [4.69, 9.17) is 24.1 Å². The second-order valence-corrected chi connectivity index (χ2v) is 6.12. The van der Waals surface area contributed by atoms with Gasteiger partial charge in [-0.25, -0.2) is 0 Å². The van der Waals surface area contributed by atoms with Gasteiger partial charge in [-0.1, -0.05) is 24.3 Å². The standard InChI is InChI=1S/C21H26O6/c1-13-16(12-15-8-6-14(7-9-15)10-11-17(22)23)19(25-3)21(27-5)20(26-4)18(13)24-2/h6-9H,10-12H2,1-5H3,(H,22,23). The van der Waals surface area contributed by atoms with E-state index < -0.39 is 5.97 Å². The lowest BCUT2D eigenvalue weighted by Gasteiger charge is -2.21. The molecule has 6 heteroatoms. The van der Waals surface area contributed by atoms with Crippen molar-refractivity contribution >= 4 is 5.97 Å². The summed E-state index contributed by atoms with van der Waals surface area (Å²) in [4.78, 5) is 10.7. The molecule has 0 unspecified atom stereocenters. The van der Waals surface area contributed by atoms with E-state index in [0.717, 1.165) is 22.3 Å². The van der Waals surface area contributed by atoms with Gasteiger partial charge in [-0.15, -0.1) is 0 Å². The van der Waals surface area contributed by atoms with Gasteiger partial charge in [0.2, 0.25) is 11.5 Å². The zero-order valence-corrected chi connectivity index (χ0v) is 16.4. The van der Waals surface area contributed by atoms with E-state index in [1.807, 2.05) is 31.2 Å². The number of carboxylic acid groups (broad SMARTS) is 1. The van der Waals surface area contributed by atoms with Crippen molar-refractivity contribution in [3.8, 4) is 23.0 Å². The van der Waals surface area contributed by atoms with Crippen molar-refractivity contribution in [1.82, 2.24) is 0 Å². The predicted octanol–water partition coefficient (Wildman–Crippen LogP) is 3.64. The first kappa shape index (κ1) is 20.4. The molecule has 1 N–H and O–H groups in total. The molecular weight excluding hydrogens is 348 g/mol. The molecule has 0 bridgehead atoms. The fourth-order valence-electron chi connectivity index (χ4n) is 3.15. The molecule has 6 nitrogen and oxygen atoms in total. The van der Waals surface area contributed by atoms with Crippen LogP contribution in [0.5, 0.6) is 23.0 Å². The zero-order valence-electron chi connectivity index (χ0n) is 16.4. The molecule has 0 heterocycles. The SMILES string of the molecule is COc1c(C)c(Cc2ccc(CCC(=O)O)cc2)c(OC)c(OC)c1OC. The molecule has 0 fully saturated rings. The van der Waals surface area contributed by atoms with Crippen molar-refractivity contribution in [2.45, 2.75) is 26.2 Å². The minimum absolute atomic E-state index is 0.124. The summed E-state index contributed by atoms with van der Waals surface area (Å²) in [6, 6.07) is 7.91. The quantitative estimate of drug-likeness (QED) is 0.722. The van der Waals surface area contributed by atoms with Gasteiger partial charge in [0.15, 0.2) is 11.5 Å². The molecule has 0 saturated heterocycles. The zero-order chi connectivity index (χ0) is 20.0. The van der Waals surface area contributed by atoms with E-state index in [0.29, 0.717) is 35.8 Å². The first-order valence-corrected chi connectivity index (χ1v) is 8.61. The molecular formula is C21H26O6. The summed E-state index contributed by atoms with van der Waals surface area (Å²) in [5.74, 6) is 1.43. The Morgan fingerprint density at radius 2 is 1.30 bits per heavy atom. The van der Waals surface area contributed by atoms with Crippen LogP contribution in [0.25, 0.3) is 0 Å². The largest absolute Gasteiger partial charge is 0.492 e. The summed E-state index contributed by atoms with van der Waals surface area (Å²) in [6.07, 6.45) is 1.26. The molecule has 27 heavy (non-hydrogen) atoms. The van der Waals surface area contributed by atoms with E-state index in [1.165, 1.54) is 0 Å². The molecule has 0 saturated carbocycles. The lowest BCUT2D eigenvalue weighted by molar-refractivity contribution is -0.136. The third-order valence-corrected chi connectivity index (χ3v) is 4.53. The summed E-state index contributed by atoms with van der Waals surface area (Å²) in [7, 11) is 6.32. The second kappa shape index (κ2) is 9.16. The third-order valence-electron chi connectivity index (χ3n) is 4.53. The number of aliphatic carboxylic acids is 1. The number of ether oxygens (including phenoxy) is 4. The van der Waals surface area contributed by atoms with Crippen LogP contribution in [-0.2, 0) is 17.6 Å². The van der Waals surface area contributed by atoms with Crippen LogP contribution in [0, 0.1) is 6.92 Å². The number of hydrogen-bond acceptors (Lipinski definition) is 5. The molecule has 0 amide bonds. The van der Waals surface area contributed by atoms with Crippen LogP contribution < -0.4 is 18.9 Å². The van der Waals surface area contributed by atoms with Crippen molar-refractivity contribution in [3.63, 3.8) is 0 Å². The van der Waals surface area contributed by atoms with Crippen LogP contribution >= 0.6 is 0 Å². The monoisotopic (exact) mass is 374 g/mol. The topological polar surface area (TPSA) is 74.2 Å². The number of benzene rings is 2. The Balaban J connectivity index is 2.41. The molecule has 0 spiro atoms. The maximum atomic E-state index is 10.7. The summed E-state index contributed by atoms with van der Waals surface area (Å²) in [5, 5.41) is 8.81. The molecule has 2 rings (SSSR count). The van der Waals surface area contributed by atoms with Crippen LogP contribution in [-0.4, -0.2) is 39.5 Å².